The van der Waals surface area contributed by atoms with Crippen LogP contribution in [0.1, 0.15) is 44.6 Å². The number of nitrogens with zero attached hydrogens (tertiary/aromatic N) is 1. The molecule has 0 unspecified atom stereocenters. The Morgan fingerprint density at radius 1 is 1.25 bits per heavy atom. The maximum Gasteiger partial charge on any atom is 0.0586 e. The number of hydrogen-bond acceptors (Lipinski definition) is 1. The summed E-state index contributed by atoms with van der Waals surface area (Å²) < 4.78 is 0. The van der Waals surface area contributed by atoms with Crippen molar-refractivity contribution >= 4 is 5.71 Å². The van der Waals surface area contributed by atoms with Crippen molar-refractivity contribution < 1.29 is 0 Å². The lowest BCUT2D eigenvalue weighted by molar-refractivity contribution is 0.234. The van der Waals surface area contributed by atoms with Crippen LogP contribution in [0.25, 0.3) is 0 Å². The molecule has 1 saturated carbocycles. The van der Waals surface area contributed by atoms with Crippen molar-refractivity contribution in [3.05, 3.63) is 35.9 Å². The second-order valence-corrected chi connectivity index (χ2v) is 5.59. The molecular weight excluding hydrogens is 194 g/mol. The Kier molecular flexibility index (Phi) is 2.34. The van der Waals surface area contributed by atoms with Gasteiger partial charge in [0.15, 0.2) is 0 Å². The minimum atomic E-state index is 0.242. The van der Waals surface area contributed by atoms with Gasteiger partial charge in [-0.25, -0.2) is 0 Å². The Hall–Kier alpha value is -1.11. The topological polar surface area (TPSA) is 12.4 Å². The molecule has 0 saturated heterocycles. The normalized spacial score (nSPS) is 33.3. The molecule has 16 heavy (non-hydrogen) atoms. The quantitative estimate of drug-likeness (QED) is 0.672. The van der Waals surface area contributed by atoms with Crippen LogP contribution in [-0.2, 0) is 0 Å². The van der Waals surface area contributed by atoms with E-state index < -0.39 is 0 Å². The van der Waals surface area contributed by atoms with E-state index in [9.17, 15) is 0 Å². The molecule has 1 aromatic carbocycles. The summed E-state index contributed by atoms with van der Waals surface area (Å²) in [5.41, 5.74) is 2.92. The van der Waals surface area contributed by atoms with Gasteiger partial charge in [-0.3, -0.25) is 4.99 Å². The summed E-state index contributed by atoms with van der Waals surface area (Å²) in [6.45, 7) is 2.33. The molecule has 0 N–H and O–H groups in total. The van der Waals surface area contributed by atoms with E-state index in [0.29, 0.717) is 0 Å². The fourth-order valence-corrected chi connectivity index (χ4v) is 3.33. The molecule has 1 heterocycles. The molecule has 0 aromatic heterocycles. The first-order valence-corrected chi connectivity index (χ1v) is 6.39. The van der Waals surface area contributed by atoms with Crippen molar-refractivity contribution in [2.24, 2.45) is 10.9 Å². The van der Waals surface area contributed by atoms with Crippen LogP contribution >= 0.6 is 0 Å². The Balaban J connectivity index is 1.97. The number of aliphatic imine (C=N–C) groups is 1. The fourth-order valence-electron chi connectivity index (χ4n) is 3.33. The van der Waals surface area contributed by atoms with Gasteiger partial charge in [-0.05, 0) is 44.1 Å². The van der Waals surface area contributed by atoms with Gasteiger partial charge in [0, 0.05) is 5.71 Å². The van der Waals surface area contributed by atoms with Crippen LogP contribution in [0.15, 0.2) is 35.3 Å². The second kappa shape index (κ2) is 3.73. The van der Waals surface area contributed by atoms with Crippen LogP contribution in [0.4, 0.5) is 0 Å². The molecule has 2 bridgehead atoms. The predicted molar refractivity (Wildman–Crippen MR) is 68.0 cm³/mol. The van der Waals surface area contributed by atoms with Gasteiger partial charge in [0.1, 0.15) is 0 Å². The zero-order chi connectivity index (χ0) is 11.0. The average molecular weight is 213 g/mol. The van der Waals surface area contributed by atoms with Gasteiger partial charge in [-0.1, -0.05) is 36.8 Å². The Morgan fingerprint density at radius 3 is 2.81 bits per heavy atom. The van der Waals surface area contributed by atoms with Gasteiger partial charge < -0.3 is 0 Å². The summed E-state index contributed by atoms with van der Waals surface area (Å²) in [5, 5.41) is 0. The molecule has 0 spiro atoms. The van der Waals surface area contributed by atoms with E-state index in [1.54, 1.807) is 0 Å². The second-order valence-electron chi connectivity index (χ2n) is 5.59. The largest absolute Gasteiger partial charge is 0.283 e. The molecule has 1 aliphatic carbocycles. The van der Waals surface area contributed by atoms with Gasteiger partial charge in [0.05, 0.1) is 5.54 Å². The van der Waals surface area contributed by atoms with Crippen molar-refractivity contribution in [1.82, 2.24) is 0 Å². The number of hydrogen-bond donors (Lipinski definition) is 0. The van der Waals surface area contributed by atoms with Crippen molar-refractivity contribution in [1.29, 1.82) is 0 Å². The molecule has 0 amide bonds. The third kappa shape index (κ3) is 1.79. The Labute approximate surface area is 97.6 Å². The van der Waals surface area contributed by atoms with Crippen LogP contribution in [0.3, 0.4) is 0 Å². The standard InChI is InChI=1S/C15H19N/c1-15-9-5-6-12(11-15)10-14(16-15)13-7-3-2-4-8-13/h2-4,7-8,12H,5-6,9-11H2,1H3/t12-,15-/m1/s1. The minimum Gasteiger partial charge on any atom is -0.283 e. The number of rotatable bonds is 1. The zero-order valence-electron chi connectivity index (χ0n) is 9.95. The van der Waals surface area contributed by atoms with E-state index in [-0.39, 0.29) is 5.54 Å². The third-order valence-corrected chi connectivity index (χ3v) is 4.05. The van der Waals surface area contributed by atoms with Crippen LogP contribution in [-0.4, -0.2) is 11.3 Å². The maximum absolute atomic E-state index is 5.02. The van der Waals surface area contributed by atoms with Crippen molar-refractivity contribution in [2.75, 3.05) is 0 Å². The molecule has 2 aliphatic rings. The van der Waals surface area contributed by atoms with Crippen molar-refractivity contribution in [3.8, 4) is 0 Å². The van der Waals surface area contributed by atoms with Gasteiger partial charge in [-0.2, -0.15) is 0 Å². The minimum absolute atomic E-state index is 0.242. The highest BCUT2D eigenvalue weighted by Crippen LogP contribution is 2.41. The fraction of sp³-hybridized carbons (Fsp3) is 0.533. The Morgan fingerprint density at radius 2 is 2.06 bits per heavy atom. The summed E-state index contributed by atoms with van der Waals surface area (Å²) in [6.07, 6.45) is 6.55. The van der Waals surface area contributed by atoms with Gasteiger partial charge in [0.25, 0.3) is 0 Å². The number of benzene rings is 1. The monoisotopic (exact) mass is 213 g/mol. The molecule has 1 nitrogen and oxygen atoms in total. The molecular formula is C15H19N. The SMILES string of the molecule is C[C@]12CCC[C@H](CC(c3ccccc3)=N1)C2. The van der Waals surface area contributed by atoms with Crippen LogP contribution < -0.4 is 0 Å². The van der Waals surface area contributed by atoms with E-state index in [1.807, 2.05) is 0 Å². The molecule has 3 rings (SSSR count). The van der Waals surface area contributed by atoms with Crippen molar-refractivity contribution in [2.45, 2.75) is 44.6 Å². The van der Waals surface area contributed by atoms with Gasteiger partial charge >= 0.3 is 0 Å². The maximum atomic E-state index is 5.02. The van der Waals surface area contributed by atoms with E-state index >= 15 is 0 Å². The van der Waals surface area contributed by atoms with E-state index in [1.165, 1.54) is 43.4 Å². The van der Waals surface area contributed by atoms with Gasteiger partial charge in [-0.15, -0.1) is 0 Å². The summed E-state index contributed by atoms with van der Waals surface area (Å²) in [7, 11) is 0. The van der Waals surface area contributed by atoms with E-state index in [2.05, 4.69) is 37.3 Å². The first-order chi connectivity index (χ1) is 7.75. The molecule has 1 fully saturated rings. The smallest absolute Gasteiger partial charge is 0.0586 e. The molecule has 0 radical (unpaired) electrons. The summed E-state index contributed by atoms with van der Waals surface area (Å²) >= 11 is 0. The zero-order valence-corrected chi connectivity index (χ0v) is 9.95. The summed E-state index contributed by atoms with van der Waals surface area (Å²) in [4.78, 5) is 5.02. The van der Waals surface area contributed by atoms with Crippen LogP contribution in [0, 0.1) is 5.92 Å². The lowest BCUT2D eigenvalue weighted by Crippen LogP contribution is -2.36. The molecule has 1 aromatic rings. The van der Waals surface area contributed by atoms with Crippen LogP contribution in [0.5, 0.6) is 0 Å². The highest BCUT2D eigenvalue weighted by molar-refractivity contribution is 6.01. The van der Waals surface area contributed by atoms with Gasteiger partial charge in [0.2, 0.25) is 0 Å². The molecule has 1 aliphatic heterocycles. The van der Waals surface area contributed by atoms with E-state index in [0.717, 1.165) is 5.92 Å². The first-order valence-electron chi connectivity index (χ1n) is 6.39. The van der Waals surface area contributed by atoms with Crippen molar-refractivity contribution in [3.63, 3.8) is 0 Å². The molecule has 1 heteroatoms. The summed E-state index contributed by atoms with van der Waals surface area (Å²) in [5.74, 6) is 0.881. The highest BCUT2D eigenvalue weighted by Gasteiger charge is 2.36. The molecule has 84 valence electrons. The lowest BCUT2D eigenvalue weighted by Gasteiger charge is -2.40. The predicted octanol–water partition coefficient (Wildman–Crippen LogP) is 3.83. The first kappa shape index (κ1) is 10.1. The highest BCUT2D eigenvalue weighted by atomic mass is 14.9. The molecule has 2 atom stereocenters. The Bertz CT molecular complexity index is 407. The van der Waals surface area contributed by atoms with E-state index in [4.69, 9.17) is 4.99 Å². The van der Waals surface area contributed by atoms with Crippen LogP contribution in [0.2, 0.25) is 0 Å². The third-order valence-electron chi connectivity index (χ3n) is 4.05. The number of fused-ring (bicyclic) bond motifs is 2. The summed E-state index contributed by atoms with van der Waals surface area (Å²) in [6, 6.07) is 10.7. The average Bonchev–Trinajstić information content (AvgIpc) is 2.28. The lowest BCUT2D eigenvalue weighted by atomic mass is 9.72.